The van der Waals surface area contributed by atoms with Gasteiger partial charge in [-0.3, -0.25) is 4.98 Å². The van der Waals surface area contributed by atoms with E-state index in [0.29, 0.717) is 5.56 Å². The normalized spacial score (nSPS) is 12.2. The number of pyridine rings is 1. The fraction of sp³-hybridized carbons (Fsp3) is 0.353. The molecule has 0 aliphatic carbocycles. The van der Waals surface area contributed by atoms with Gasteiger partial charge in [-0.15, -0.1) is 0 Å². The summed E-state index contributed by atoms with van der Waals surface area (Å²) in [6.45, 7) is 4.89. The van der Waals surface area contributed by atoms with Crippen molar-refractivity contribution >= 4 is 0 Å². The van der Waals surface area contributed by atoms with E-state index in [-0.39, 0.29) is 11.9 Å². The smallest absolute Gasteiger partial charge is 0.146 e. The van der Waals surface area contributed by atoms with Crippen molar-refractivity contribution < 1.29 is 9.13 Å². The van der Waals surface area contributed by atoms with Crippen LogP contribution in [0, 0.1) is 12.7 Å². The Morgan fingerprint density at radius 2 is 2.10 bits per heavy atom. The van der Waals surface area contributed by atoms with E-state index < -0.39 is 0 Å². The quantitative estimate of drug-likeness (QED) is 0.881. The summed E-state index contributed by atoms with van der Waals surface area (Å²) in [6, 6.07) is 7.43. The molecule has 0 saturated carbocycles. The molecule has 112 valence electrons. The van der Waals surface area contributed by atoms with E-state index >= 15 is 0 Å². The summed E-state index contributed by atoms with van der Waals surface area (Å²) in [4.78, 5) is 3.82. The average Bonchev–Trinajstić information content (AvgIpc) is 2.50. The van der Waals surface area contributed by atoms with Crippen LogP contribution < -0.4 is 10.1 Å². The molecule has 1 aromatic carbocycles. The van der Waals surface area contributed by atoms with Crippen LogP contribution in [0.4, 0.5) is 4.39 Å². The summed E-state index contributed by atoms with van der Waals surface area (Å²) >= 11 is 0. The van der Waals surface area contributed by atoms with Gasteiger partial charge < -0.3 is 10.1 Å². The lowest BCUT2D eigenvalue weighted by Crippen LogP contribution is -2.24. The maximum atomic E-state index is 14.1. The van der Waals surface area contributed by atoms with Crippen LogP contribution in [0.3, 0.4) is 0 Å². The van der Waals surface area contributed by atoms with Crippen molar-refractivity contribution in [3.63, 3.8) is 0 Å². The average molecular weight is 288 g/mol. The Morgan fingerprint density at radius 3 is 2.76 bits per heavy atom. The first-order valence-corrected chi connectivity index (χ1v) is 7.14. The Labute approximate surface area is 125 Å². The van der Waals surface area contributed by atoms with Gasteiger partial charge >= 0.3 is 0 Å². The largest absolute Gasteiger partial charge is 0.496 e. The standard InChI is InChI=1S/C17H21FN2O/c1-4-8-20-17(13-7-9-19-11-15(13)18)14-6-5-12(2)10-16(14)21-3/h5-7,9-11,17,20H,4,8H2,1-3H3. The molecule has 21 heavy (non-hydrogen) atoms. The molecular weight excluding hydrogens is 267 g/mol. The van der Waals surface area contributed by atoms with Crippen LogP contribution in [-0.4, -0.2) is 18.6 Å². The molecule has 0 spiro atoms. The van der Waals surface area contributed by atoms with Crippen LogP contribution in [0.25, 0.3) is 0 Å². The second-order valence-electron chi connectivity index (χ2n) is 5.03. The number of benzene rings is 1. The molecule has 0 bridgehead atoms. The fourth-order valence-corrected chi connectivity index (χ4v) is 2.35. The fourth-order valence-electron chi connectivity index (χ4n) is 2.35. The third-order valence-corrected chi connectivity index (χ3v) is 3.41. The first-order valence-electron chi connectivity index (χ1n) is 7.14. The summed E-state index contributed by atoms with van der Waals surface area (Å²) in [5.74, 6) is 0.452. The zero-order valence-corrected chi connectivity index (χ0v) is 12.7. The van der Waals surface area contributed by atoms with Gasteiger partial charge in [0.1, 0.15) is 11.6 Å². The molecule has 1 atom stereocenters. The molecule has 0 saturated heterocycles. The summed E-state index contributed by atoms with van der Waals surface area (Å²) in [7, 11) is 1.64. The summed E-state index contributed by atoms with van der Waals surface area (Å²) in [5, 5.41) is 3.39. The van der Waals surface area contributed by atoms with E-state index in [2.05, 4.69) is 17.2 Å². The summed E-state index contributed by atoms with van der Waals surface area (Å²) in [5.41, 5.74) is 2.63. The van der Waals surface area contributed by atoms with Gasteiger partial charge in [-0.25, -0.2) is 4.39 Å². The molecular formula is C17H21FN2O. The molecule has 1 N–H and O–H groups in total. The van der Waals surface area contributed by atoms with Gasteiger partial charge in [0, 0.05) is 17.3 Å². The third kappa shape index (κ3) is 3.58. The lowest BCUT2D eigenvalue weighted by Gasteiger charge is -2.22. The maximum absolute atomic E-state index is 14.1. The highest BCUT2D eigenvalue weighted by Gasteiger charge is 2.20. The number of aromatic nitrogens is 1. The molecule has 1 unspecified atom stereocenters. The van der Waals surface area contributed by atoms with Crippen LogP contribution in [0.2, 0.25) is 0 Å². The SMILES string of the molecule is CCCNC(c1ccncc1F)c1ccc(C)cc1OC. The van der Waals surface area contributed by atoms with Crippen LogP contribution in [0.1, 0.15) is 36.1 Å². The van der Waals surface area contributed by atoms with Crippen molar-refractivity contribution in [2.24, 2.45) is 0 Å². The van der Waals surface area contributed by atoms with E-state index in [1.165, 1.54) is 6.20 Å². The Balaban J connectivity index is 2.48. The number of rotatable bonds is 6. The van der Waals surface area contributed by atoms with Gasteiger partial charge in [0.15, 0.2) is 0 Å². The molecule has 1 aromatic heterocycles. The minimum absolute atomic E-state index is 0.247. The zero-order chi connectivity index (χ0) is 15.2. The monoisotopic (exact) mass is 288 g/mol. The van der Waals surface area contributed by atoms with Gasteiger partial charge in [0.2, 0.25) is 0 Å². The zero-order valence-electron chi connectivity index (χ0n) is 12.7. The Hall–Kier alpha value is -1.94. The van der Waals surface area contributed by atoms with Crippen LogP contribution in [-0.2, 0) is 0 Å². The van der Waals surface area contributed by atoms with E-state index in [9.17, 15) is 4.39 Å². The molecule has 0 aliphatic rings. The molecule has 0 radical (unpaired) electrons. The minimum atomic E-state index is -0.311. The number of nitrogens with one attached hydrogen (secondary N) is 1. The number of aryl methyl sites for hydroxylation is 1. The Kier molecular flexibility index (Phi) is 5.28. The highest BCUT2D eigenvalue weighted by molar-refractivity contribution is 5.43. The number of nitrogens with zero attached hydrogens (tertiary/aromatic N) is 1. The summed E-state index contributed by atoms with van der Waals surface area (Å²) < 4.78 is 19.6. The van der Waals surface area contributed by atoms with Gasteiger partial charge in [0.05, 0.1) is 19.3 Å². The van der Waals surface area contributed by atoms with Gasteiger partial charge in [-0.2, -0.15) is 0 Å². The molecule has 2 aromatic rings. The van der Waals surface area contributed by atoms with E-state index in [1.54, 1.807) is 19.4 Å². The van der Waals surface area contributed by atoms with E-state index in [1.807, 2.05) is 25.1 Å². The maximum Gasteiger partial charge on any atom is 0.146 e. The molecule has 0 amide bonds. The molecule has 4 heteroatoms. The third-order valence-electron chi connectivity index (χ3n) is 3.41. The van der Waals surface area contributed by atoms with Crippen molar-refractivity contribution in [1.82, 2.24) is 10.3 Å². The summed E-state index contributed by atoms with van der Waals surface area (Å²) in [6.07, 6.45) is 3.83. The van der Waals surface area contributed by atoms with Crippen molar-refractivity contribution in [3.8, 4) is 5.75 Å². The molecule has 2 rings (SSSR count). The number of hydrogen-bond acceptors (Lipinski definition) is 3. The van der Waals surface area contributed by atoms with Crippen molar-refractivity contribution in [2.75, 3.05) is 13.7 Å². The van der Waals surface area contributed by atoms with Crippen LogP contribution in [0.15, 0.2) is 36.7 Å². The second kappa shape index (κ2) is 7.18. The van der Waals surface area contributed by atoms with Gasteiger partial charge in [0.25, 0.3) is 0 Å². The lowest BCUT2D eigenvalue weighted by molar-refractivity contribution is 0.402. The highest BCUT2D eigenvalue weighted by atomic mass is 19.1. The Morgan fingerprint density at radius 1 is 1.29 bits per heavy atom. The van der Waals surface area contributed by atoms with Gasteiger partial charge in [-0.1, -0.05) is 19.1 Å². The molecule has 0 aliphatic heterocycles. The first-order chi connectivity index (χ1) is 10.2. The lowest BCUT2D eigenvalue weighted by atomic mass is 9.97. The first kappa shape index (κ1) is 15.4. The number of hydrogen-bond donors (Lipinski definition) is 1. The predicted octanol–water partition coefficient (Wildman–Crippen LogP) is 3.63. The van der Waals surface area contributed by atoms with E-state index in [4.69, 9.17) is 4.74 Å². The topological polar surface area (TPSA) is 34.2 Å². The number of ether oxygens (including phenoxy) is 1. The Bertz CT molecular complexity index is 601. The molecule has 0 fully saturated rings. The van der Waals surface area contributed by atoms with Crippen LogP contribution >= 0.6 is 0 Å². The van der Waals surface area contributed by atoms with Crippen molar-refractivity contribution in [2.45, 2.75) is 26.3 Å². The van der Waals surface area contributed by atoms with Crippen molar-refractivity contribution in [1.29, 1.82) is 0 Å². The van der Waals surface area contributed by atoms with E-state index in [0.717, 1.165) is 29.8 Å². The van der Waals surface area contributed by atoms with Gasteiger partial charge in [-0.05, 0) is 37.6 Å². The highest BCUT2D eigenvalue weighted by Crippen LogP contribution is 2.31. The van der Waals surface area contributed by atoms with Crippen molar-refractivity contribution in [3.05, 3.63) is 59.2 Å². The second-order valence-corrected chi connectivity index (χ2v) is 5.03. The molecule has 3 nitrogen and oxygen atoms in total. The molecule has 1 heterocycles. The number of methoxy groups -OCH3 is 1. The predicted molar refractivity (Wildman–Crippen MR) is 82.1 cm³/mol. The van der Waals surface area contributed by atoms with Crippen LogP contribution in [0.5, 0.6) is 5.75 Å². The number of halogens is 1. The minimum Gasteiger partial charge on any atom is -0.496 e.